The molecule has 3 aromatic rings. The molecule has 0 saturated carbocycles. The number of halogens is 1. The third-order valence-corrected chi connectivity index (χ3v) is 2.79. The van der Waals surface area contributed by atoms with Crippen LogP contribution in [0.5, 0.6) is 0 Å². The molecule has 1 aromatic carbocycles. The first-order chi connectivity index (χ1) is 9.24. The second-order valence-electron chi connectivity index (χ2n) is 3.84. The molecule has 0 radical (unpaired) electrons. The second-order valence-corrected chi connectivity index (χ2v) is 4.28. The number of hydrogen-bond acceptors (Lipinski definition) is 4. The van der Waals surface area contributed by atoms with Gasteiger partial charge in [0.2, 0.25) is 5.76 Å². The van der Waals surface area contributed by atoms with Crippen molar-refractivity contribution in [1.29, 1.82) is 0 Å². The summed E-state index contributed by atoms with van der Waals surface area (Å²) < 4.78 is 6.22. The van der Waals surface area contributed by atoms with Gasteiger partial charge < -0.3 is 4.52 Å². The van der Waals surface area contributed by atoms with Gasteiger partial charge in [0, 0.05) is 29.0 Å². The minimum atomic E-state index is -0.370. The van der Waals surface area contributed by atoms with E-state index in [1.807, 2.05) is 6.07 Å². The monoisotopic (exact) mass is 273 g/mol. The van der Waals surface area contributed by atoms with Gasteiger partial charge in [-0.1, -0.05) is 28.9 Å². The largest absolute Gasteiger partial charge is 0.350 e. The third-order valence-electron chi connectivity index (χ3n) is 2.55. The lowest BCUT2D eigenvalue weighted by molar-refractivity contribution is 0.0908. The number of benzene rings is 1. The first kappa shape index (κ1) is 11.7. The van der Waals surface area contributed by atoms with Crippen molar-refractivity contribution in [2.24, 2.45) is 0 Å². The van der Waals surface area contributed by atoms with Crippen LogP contribution in [0.25, 0.3) is 11.3 Å². The van der Waals surface area contributed by atoms with Crippen molar-refractivity contribution in [1.82, 2.24) is 14.9 Å². The zero-order chi connectivity index (χ0) is 13.2. The van der Waals surface area contributed by atoms with E-state index in [4.69, 9.17) is 16.1 Å². The number of rotatable bonds is 2. The third kappa shape index (κ3) is 2.28. The summed E-state index contributed by atoms with van der Waals surface area (Å²) in [6.45, 7) is 0. The summed E-state index contributed by atoms with van der Waals surface area (Å²) in [6, 6.07) is 10.4. The molecule has 0 fully saturated rings. The predicted octanol–water partition coefficient (Wildman–Crippen LogP) is 2.88. The van der Waals surface area contributed by atoms with Crippen LogP contribution in [0.4, 0.5) is 0 Å². The zero-order valence-corrected chi connectivity index (χ0v) is 10.4. The van der Waals surface area contributed by atoms with Gasteiger partial charge in [0.15, 0.2) is 0 Å². The van der Waals surface area contributed by atoms with Crippen molar-refractivity contribution in [2.45, 2.75) is 0 Å². The van der Waals surface area contributed by atoms with E-state index >= 15 is 0 Å². The average Bonchev–Trinajstić information content (AvgIpc) is 3.10. The summed E-state index contributed by atoms with van der Waals surface area (Å²) in [6.07, 6.45) is 3.07. The second kappa shape index (κ2) is 4.70. The van der Waals surface area contributed by atoms with Gasteiger partial charge in [-0.15, -0.1) is 0 Å². The first-order valence-corrected chi connectivity index (χ1v) is 5.89. The summed E-state index contributed by atoms with van der Waals surface area (Å²) in [5.41, 5.74) is 1.34. The Morgan fingerprint density at radius 1 is 1.26 bits per heavy atom. The Balaban J connectivity index is 1.94. The lowest BCUT2D eigenvalue weighted by atomic mass is 10.1. The normalized spacial score (nSPS) is 10.6. The first-order valence-electron chi connectivity index (χ1n) is 5.51. The molecule has 0 amide bonds. The summed E-state index contributed by atoms with van der Waals surface area (Å²) in [5.74, 6) is -0.246. The highest BCUT2D eigenvalue weighted by molar-refractivity contribution is 6.30. The van der Waals surface area contributed by atoms with Gasteiger partial charge in [0.1, 0.15) is 5.69 Å². The maximum Gasteiger partial charge on any atom is 0.316 e. The molecule has 0 aliphatic heterocycles. The number of carbonyl (C=O) groups is 1. The molecule has 0 unspecified atom stereocenters. The summed E-state index contributed by atoms with van der Waals surface area (Å²) in [5, 5.41) is 8.31. The van der Waals surface area contributed by atoms with Crippen LogP contribution in [0.3, 0.4) is 0 Å². The van der Waals surface area contributed by atoms with Crippen LogP contribution in [0.1, 0.15) is 10.6 Å². The predicted molar refractivity (Wildman–Crippen MR) is 68.9 cm³/mol. The maximum atomic E-state index is 12.0. The van der Waals surface area contributed by atoms with Crippen molar-refractivity contribution in [3.05, 3.63) is 59.6 Å². The van der Waals surface area contributed by atoms with Crippen molar-refractivity contribution >= 4 is 17.5 Å². The molecule has 0 aliphatic carbocycles. The summed E-state index contributed by atoms with van der Waals surface area (Å²) in [7, 11) is 0. The van der Waals surface area contributed by atoms with Gasteiger partial charge in [-0.2, -0.15) is 5.10 Å². The Morgan fingerprint density at radius 2 is 2.16 bits per heavy atom. The number of nitrogens with zero attached hydrogens (tertiary/aromatic N) is 3. The minimum absolute atomic E-state index is 0.124. The van der Waals surface area contributed by atoms with Gasteiger partial charge >= 0.3 is 5.91 Å². The van der Waals surface area contributed by atoms with Gasteiger partial charge in [-0.05, 0) is 18.2 Å². The molecule has 0 spiro atoms. The molecule has 0 saturated heterocycles. The number of carbonyl (C=O) groups excluding carboxylic acids is 1. The fraction of sp³-hybridized carbons (Fsp3) is 0. The lowest BCUT2D eigenvalue weighted by Gasteiger charge is -1.95. The highest BCUT2D eigenvalue weighted by Gasteiger charge is 2.16. The molecule has 2 aromatic heterocycles. The average molecular weight is 274 g/mol. The van der Waals surface area contributed by atoms with Crippen LogP contribution < -0.4 is 0 Å². The molecule has 5 nitrogen and oxygen atoms in total. The van der Waals surface area contributed by atoms with Gasteiger partial charge in [0.25, 0.3) is 0 Å². The van der Waals surface area contributed by atoms with Crippen molar-refractivity contribution < 1.29 is 9.32 Å². The molecule has 6 heteroatoms. The molecule has 3 rings (SSSR count). The van der Waals surface area contributed by atoms with E-state index < -0.39 is 0 Å². The Hall–Kier alpha value is -2.40. The summed E-state index contributed by atoms with van der Waals surface area (Å²) in [4.78, 5) is 12.0. The molecule has 0 aliphatic rings. The Morgan fingerprint density at radius 3 is 2.89 bits per heavy atom. The smallest absolute Gasteiger partial charge is 0.316 e. The molecule has 0 bridgehead atoms. The van der Waals surface area contributed by atoms with E-state index in [1.54, 1.807) is 36.5 Å². The van der Waals surface area contributed by atoms with Gasteiger partial charge in [-0.25, -0.2) is 4.68 Å². The van der Waals surface area contributed by atoms with Crippen LogP contribution in [-0.2, 0) is 0 Å². The van der Waals surface area contributed by atoms with E-state index in [9.17, 15) is 4.79 Å². The highest BCUT2D eigenvalue weighted by atomic mass is 35.5. The van der Waals surface area contributed by atoms with Crippen LogP contribution in [0, 0.1) is 0 Å². The minimum Gasteiger partial charge on any atom is -0.350 e. The van der Waals surface area contributed by atoms with E-state index in [0.29, 0.717) is 10.7 Å². The fourth-order valence-corrected chi connectivity index (χ4v) is 1.85. The fourth-order valence-electron chi connectivity index (χ4n) is 1.66. The van der Waals surface area contributed by atoms with Crippen molar-refractivity contribution in [3.63, 3.8) is 0 Å². The van der Waals surface area contributed by atoms with Crippen LogP contribution in [0.2, 0.25) is 5.02 Å². The number of hydrogen-bond donors (Lipinski definition) is 0. The maximum absolute atomic E-state index is 12.0. The topological polar surface area (TPSA) is 60.9 Å². The Bertz CT molecular complexity index is 719. The molecule has 0 N–H and O–H groups in total. The lowest BCUT2D eigenvalue weighted by Crippen LogP contribution is -2.11. The van der Waals surface area contributed by atoms with E-state index in [0.717, 1.165) is 5.56 Å². The van der Waals surface area contributed by atoms with Crippen LogP contribution >= 0.6 is 11.6 Å². The Labute approximate surface area is 113 Å². The molecule has 0 atom stereocenters. The molecule has 2 heterocycles. The van der Waals surface area contributed by atoms with Gasteiger partial charge in [-0.3, -0.25) is 4.79 Å². The van der Waals surface area contributed by atoms with Crippen LogP contribution in [0.15, 0.2) is 53.3 Å². The molecular weight excluding hydrogens is 266 g/mol. The van der Waals surface area contributed by atoms with Crippen molar-refractivity contribution in [3.8, 4) is 11.3 Å². The molecule has 94 valence electrons. The molecule has 19 heavy (non-hydrogen) atoms. The Kier molecular flexibility index (Phi) is 2.89. The summed E-state index contributed by atoms with van der Waals surface area (Å²) >= 11 is 5.91. The van der Waals surface area contributed by atoms with E-state index in [2.05, 4.69) is 10.3 Å². The van der Waals surface area contributed by atoms with Crippen LogP contribution in [-0.4, -0.2) is 20.8 Å². The number of aromatic nitrogens is 3. The standard InChI is InChI=1S/C13H8ClN3O2/c14-10-4-1-3-9(7-10)11-8-12(19-16-11)13(18)17-6-2-5-15-17/h1-8H. The quantitative estimate of drug-likeness (QED) is 0.720. The molecular formula is C13H8ClN3O2. The van der Waals surface area contributed by atoms with Crippen molar-refractivity contribution in [2.75, 3.05) is 0 Å². The zero-order valence-electron chi connectivity index (χ0n) is 9.65. The highest BCUT2D eigenvalue weighted by Crippen LogP contribution is 2.22. The van der Waals surface area contributed by atoms with Gasteiger partial charge in [0.05, 0.1) is 0 Å². The SMILES string of the molecule is O=C(c1cc(-c2cccc(Cl)c2)no1)n1cccn1. The van der Waals surface area contributed by atoms with E-state index in [1.165, 1.54) is 10.9 Å². The van der Waals surface area contributed by atoms with E-state index in [-0.39, 0.29) is 11.7 Å².